The second-order valence-corrected chi connectivity index (χ2v) is 8.72. The third-order valence-corrected chi connectivity index (χ3v) is 6.26. The number of amides is 1. The van der Waals surface area contributed by atoms with Crippen LogP contribution in [-0.4, -0.2) is 45.5 Å². The summed E-state index contributed by atoms with van der Waals surface area (Å²) >= 11 is 1.34. The molecule has 1 aromatic heterocycles. The standard InChI is InChI=1S/C26H25FN4O2S/c1-30(16-20-9-6-10-23(15-20)33-2)24(32)18-34-26-29-28-25(21-11-13-22(27)14-12-21)31(26)17-19-7-4-3-5-8-19/h3-15H,16-18H2,1-2H3. The second-order valence-electron chi connectivity index (χ2n) is 7.77. The summed E-state index contributed by atoms with van der Waals surface area (Å²) in [6.07, 6.45) is 0. The van der Waals surface area contributed by atoms with Gasteiger partial charge in [0.15, 0.2) is 11.0 Å². The summed E-state index contributed by atoms with van der Waals surface area (Å²) in [4.78, 5) is 14.5. The topological polar surface area (TPSA) is 60.2 Å². The quantitative estimate of drug-likeness (QED) is 0.322. The van der Waals surface area contributed by atoms with Gasteiger partial charge in [-0.25, -0.2) is 4.39 Å². The van der Waals surface area contributed by atoms with Gasteiger partial charge in [-0.2, -0.15) is 0 Å². The van der Waals surface area contributed by atoms with Crippen LogP contribution in [0.2, 0.25) is 0 Å². The molecule has 34 heavy (non-hydrogen) atoms. The van der Waals surface area contributed by atoms with E-state index in [1.54, 1.807) is 31.2 Å². The van der Waals surface area contributed by atoms with Crippen LogP contribution < -0.4 is 4.74 Å². The van der Waals surface area contributed by atoms with Crippen LogP contribution >= 0.6 is 11.8 Å². The molecule has 1 heterocycles. The fraction of sp³-hybridized carbons (Fsp3) is 0.192. The zero-order chi connectivity index (χ0) is 23.9. The minimum absolute atomic E-state index is 0.0228. The molecule has 0 N–H and O–H groups in total. The van der Waals surface area contributed by atoms with Gasteiger partial charge in [-0.1, -0.05) is 54.2 Å². The van der Waals surface area contributed by atoms with E-state index in [-0.39, 0.29) is 17.5 Å². The minimum Gasteiger partial charge on any atom is -0.497 e. The number of carbonyl (C=O) groups excluding carboxylic acids is 1. The lowest BCUT2D eigenvalue weighted by Crippen LogP contribution is -2.28. The molecule has 174 valence electrons. The van der Waals surface area contributed by atoms with Gasteiger partial charge in [0.1, 0.15) is 11.6 Å². The molecule has 0 atom stereocenters. The minimum atomic E-state index is -0.308. The van der Waals surface area contributed by atoms with Crippen molar-refractivity contribution >= 4 is 17.7 Å². The van der Waals surface area contributed by atoms with Gasteiger partial charge in [-0.3, -0.25) is 9.36 Å². The molecule has 0 aliphatic carbocycles. The van der Waals surface area contributed by atoms with E-state index < -0.39 is 0 Å². The van der Waals surface area contributed by atoms with Crippen LogP contribution in [-0.2, 0) is 17.9 Å². The van der Waals surface area contributed by atoms with Gasteiger partial charge in [-0.05, 0) is 47.5 Å². The zero-order valence-electron chi connectivity index (χ0n) is 19.0. The lowest BCUT2D eigenvalue weighted by molar-refractivity contribution is -0.127. The van der Waals surface area contributed by atoms with Crippen LogP contribution in [0.25, 0.3) is 11.4 Å². The maximum absolute atomic E-state index is 13.4. The molecule has 6 nitrogen and oxygen atoms in total. The van der Waals surface area contributed by atoms with Crippen LogP contribution in [0.3, 0.4) is 0 Å². The van der Waals surface area contributed by atoms with Crippen molar-refractivity contribution in [1.29, 1.82) is 0 Å². The molecule has 0 fully saturated rings. The molecule has 0 aliphatic rings. The van der Waals surface area contributed by atoms with Gasteiger partial charge >= 0.3 is 0 Å². The van der Waals surface area contributed by atoms with E-state index in [0.29, 0.717) is 24.1 Å². The van der Waals surface area contributed by atoms with Crippen molar-refractivity contribution in [2.75, 3.05) is 19.9 Å². The number of hydrogen-bond acceptors (Lipinski definition) is 5. The Hall–Kier alpha value is -3.65. The van der Waals surface area contributed by atoms with Crippen LogP contribution in [0.4, 0.5) is 4.39 Å². The first-order chi connectivity index (χ1) is 16.5. The van der Waals surface area contributed by atoms with E-state index in [1.165, 1.54) is 23.9 Å². The first-order valence-corrected chi connectivity index (χ1v) is 11.7. The lowest BCUT2D eigenvalue weighted by Gasteiger charge is -2.17. The van der Waals surface area contributed by atoms with Crippen LogP contribution in [0.15, 0.2) is 84.0 Å². The van der Waals surface area contributed by atoms with Gasteiger partial charge in [-0.15, -0.1) is 10.2 Å². The van der Waals surface area contributed by atoms with Crippen molar-refractivity contribution in [2.45, 2.75) is 18.2 Å². The molecule has 0 saturated carbocycles. The van der Waals surface area contributed by atoms with Gasteiger partial charge in [0.05, 0.1) is 19.4 Å². The normalized spacial score (nSPS) is 10.8. The SMILES string of the molecule is COc1cccc(CN(C)C(=O)CSc2nnc(-c3ccc(F)cc3)n2Cc2ccccc2)c1. The van der Waals surface area contributed by atoms with Gasteiger partial charge in [0.25, 0.3) is 0 Å². The Morgan fingerprint density at radius 3 is 2.47 bits per heavy atom. The number of nitrogens with zero attached hydrogens (tertiary/aromatic N) is 4. The number of rotatable bonds is 9. The molecule has 0 spiro atoms. The highest BCUT2D eigenvalue weighted by molar-refractivity contribution is 7.99. The average Bonchev–Trinajstić information content (AvgIpc) is 3.25. The van der Waals surface area contributed by atoms with Crippen LogP contribution in [0.5, 0.6) is 5.75 Å². The number of thioether (sulfide) groups is 1. The van der Waals surface area contributed by atoms with Gasteiger partial charge < -0.3 is 9.64 Å². The maximum atomic E-state index is 13.4. The summed E-state index contributed by atoms with van der Waals surface area (Å²) in [5.74, 6) is 1.28. The fourth-order valence-corrected chi connectivity index (χ4v) is 4.36. The van der Waals surface area contributed by atoms with E-state index in [9.17, 15) is 9.18 Å². The van der Waals surface area contributed by atoms with Crippen LogP contribution in [0, 0.1) is 5.82 Å². The molecule has 0 radical (unpaired) electrons. The molecule has 0 saturated heterocycles. The van der Waals surface area contributed by atoms with Crippen molar-refractivity contribution in [3.05, 3.63) is 95.8 Å². The van der Waals surface area contributed by atoms with Gasteiger partial charge in [0.2, 0.25) is 5.91 Å². The number of methoxy groups -OCH3 is 1. The summed E-state index contributed by atoms with van der Waals surface area (Å²) in [6.45, 7) is 1.02. The predicted octanol–water partition coefficient (Wildman–Crippen LogP) is 4.89. The Labute approximate surface area is 202 Å². The Bertz CT molecular complexity index is 1250. The summed E-state index contributed by atoms with van der Waals surface area (Å²) in [5.41, 5.74) is 2.83. The number of carbonyl (C=O) groups is 1. The summed E-state index contributed by atoms with van der Waals surface area (Å²) < 4.78 is 20.7. The smallest absolute Gasteiger partial charge is 0.233 e. The molecular formula is C26H25FN4O2S. The molecule has 4 aromatic rings. The molecule has 1 amide bonds. The monoisotopic (exact) mass is 476 g/mol. The van der Waals surface area contributed by atoms with E-state index in [2.05, 4.69) is 10.2 Å². The average molecular weight is 477 g/mol. The first-order valence-electron chi connectivity index (χ1n) is 10.8. The van der Waals surface area contributed by atoms with Crippen molar-refractivity contribution in [3.8, 4) is 17.1 Å². The van der Waals surface area contributed by atoms with Crippen molar-refractivity contribution < 1.29 is 13.9 Å². The molecule has 0 aliphatic heterocycles. The number of benzene rings is 3. The van der Waals surface area contributed by atoms with Crippen molar-refractivity contribution in [1.82, 2.24) is 19.7 Å². The first kappa shape index (κ1) is 23.5. The number of aromatic nitrogens is 3. The molecule has 4 rings (SSSR count). The molecular weight excluding hydrogens is 451 g/mol. The third kappa shape index (κ3) is 5.82. The maximum Gasteiger partial charge on any atom is 0.233 e. The highest BCUT2D eigenvalue weighted by Crippen LogP contribution is 2.26. The van der Waals surface area contributed by atoms with E-state index in [0.717, 1.165) is 22.4 Å². The Morgan fingerprint density at radius 2 is 1.74 bits per heavy atom. The van der Waals surface area contributed by atoms with Crippen molar-refractivity contribution in [2.24, 2.45) is 0 Å². The second kappa shape index (κ2) is 11.0. The fourth-order valence-electron chi connectivity index (χ4n) is 3.49. The lowest BCUT2D eigenvalue weighted by atomic mass is 10.2. The Morgan fingerprint density at radius 1 is 1.00 bits per heavy atom. The number of ether oxygens (including phenoxy) is 1. The summed E-state index contributed by atoms with van der Waals surface area (Å²) in [6, 6.07) is 23.8. The molecule has 0 bridgehead atoms. The Balaban J connectivity index is 1.50. The zero-order valence-corrected chi connectivity index (χ0v) is 19.8. The van der Waals surface area contributed by atoms with E-state index in [4.69, 9.17) is 4.74 Å². The van der Waals surface area contributed by atoms with E-state index in [1.807, 2.05) is 59.2 Å². The highest BCUT2D eigenvalue weighted by Gasteiger charge is 2.18. The molecule has 0 unspecified atom stereocenters. The summed E-state index contributed by atoms with van der Waals surface area (Å²) in [5, 5.41) is 9.33. The number of halogens is 1. The highest BCUT2D eigenvalue weighted by atomic mass is 32.2. The Kier molecular flexibility index (Phi) is 7.59. The van der Waals surface area contributed by atoms with Crippen LogP contribution in [0.1, 0.15) is 11.1 Å². The predicted molar refractivity (Wildman–Crippen MR) is 131 cm³/mol. The number of hydrogen-bond donors (Lipinski definition) is 0. The summed E-state index contributed by atoms with van der Waals surface area (Å²) in [7, 11) is 3.40. The molecule has 8 heteroatoms. The van der Waals surface area contributed by atoms with Crippen molar-refractivity contribution in [3.63, 3.8) is 0 Å². The van der Waals surface area contributed by atoms with E-state index >= 15 is 0 Å². The third-order valence-electron chi connectivity index (χ3n) is 5.31. The largest absolute Gasteiger partial charge is 0.497 e. The molecule has 3 aromatic carbocycles. The van der Waals surface area contributed by atoms with Gasteiger partial charge in [0, 0.05) is 19.2 Å².